The third-order valence-electron chi connectivity index (χ3n) is 2.30. The van der Waals surface area contributed by atoms with Gasteiger partial charge >= 0.3 is 0 Å². The van der Waals surface area contributed by atoms with Crippen LogP contribution in [-0.4, -0.2) is 38.3 Å². The largest absolute Gasteiger partial charge is 0.365 e. The number of piperidine rings is 1. The number of amides is 1. The maximum absolute atomic E-state index is 11.1. The molecule has 4 nitrogen and oxygen atoms in total. The van der Waals surface area contributed by atoms with E-state index in [0.717, 1.165) is 25.9 Å². The fourth-order valence-electron chi connectivity index (χ4n) is 1.49. The molecule has 2 N–H and O–H groups in total. The molecule has 0 spiro atoms. The van der Waals surface area contributed by atoms with Crippen LogP contribution in [0.1, 0.15) is 19.8 Å². The first-order valence-corrected chi connectivity index (χ1v) is 4.82. The average molecular weight is 186 g/mol. The van der Waals surface area contributed by atoms with E-state index in [1.807, 2.05) is 0 Å². The summed E-state index contributed by atoms with van der Waals surface area (Å²) in [6, 6.07) is 0. The summed E-state index contributed by atoms with van der Waals surface area (Å²) in [7, 11) is 1.63. The van der Waals surface area contributed by atoms with Crippen LogP contribution in [0.3, 0.4) is 0 Å². The molecule has 1 heterocycles. The van der Waals surface area contributed by atoms with Crippen molar-refractivity contribution in [3.8, 4) is 0 Å². The van der Waals surface area contributed by atoms with Gasteiger partial charge in [0.15, 0.2) is 0 Å². The summed E-state index contributed by atoms with van der Waals surface area (Å²) in [6.45, 7) is 3.77. The second-order valence-electron chi connectivity index (χ2n) is 3.34. The van der Waals surface area contributed by atoms with Crippen molar-refractivity contribution in [2.24, 2.45) is 0 Å². The number of hydrogen-bond donors (Lipinski definition) is 2. The summed E-state index contributed by atoms with van der Waals surface area (Å²) in [5.41, 5.74) is 0. The van der Waals surface area contributed by atoms with Crippen molar-refractivity contribution in [3.05, 3.63) is 0 Å². The van der Waals surface area contributed by atoms with Gasteiger partial charge in [0.2, 0.25) is 5.91 Å². The predicted molar refractivity (Wildman–Crippen MR) is 50.5 cm³/mol. The van der Waals surface area contributed by atoms with E-state index in [9.17, 15) is 4.79 Å². The van der Waals surface area contributed by atoms with Gasteiger partial charge in [0.1, 0.15) is 6.10 Å². The molecule has 1 amide bonds. The summed E-state index contributed by atoms with van der Waals surface area (Å²) in [6.07, 6.45) is 1.92. The Labute approximate surface area is 79.0 Å². The molecule has 0 aromatic carbocycles. The number of carbonyl (C=O) groups excluding carboxylic acids is 1. The van der Waals surface area contributed by atoms with E-state index in [1.54, 1.807) is 14.0 Å². The Morgan fingerprint density at radius 1 is 1.54 bits per heavy atom. The number of carbonyl (C=O) groups is 1. The average Bonchev–Trinajstić information content (AvgIpc) is 2.18. The third-order valence-corrected chi connectivity index (χ3v) is 2.30. The maximum atomic E-state index is 11.1. The SMILES string of the molecule is CNC(=O)C(C)OC1CCNCC1. The van der Waals surface area contributed by atoms with Gasteiger partial charge in [-0.25, -0.2) is 0 Å². The lowest BCUT2D eigenvalue weighted by Crippen LogP contribution is -2.39. The van der Waals surface area contributed by atoms with E-state index >= 15 is 0 Å². The third kappa shape index (κ3) is 3.32. The van der Waals surface area contributed by atoms with E-state index in [0.29, 0.717) is 0 Å². The van der Waals surface area contributed by atoms with Crippen molar-refractivity contribution >= 4 is 5.91 Å². The second-order valence-corrected chi connectivity index (χ2v) is 3.34. The Bertz CT molecular complexity index is 167. The van der Waals surface area contributed by atoms with Gasteiger partial charge in [-0.05, 0) is 32.9 Å². The highest BCUT2D eigenvalue weighted by Crippen LogP contribution is 2.09. The van der Waals surface area contributed by atoms with Gasteiger partial charge in [0, 0.05) is 7.05 Å². The zero-order valence-electron chi connectivity index (χ0n) is 8.30. The Morgan fingerprint density at radius 2 is 2.15 bits per heavy atom. The van der Waals surface area contributed by atoms with Gasteiger partial charge < -0.3 is 15.4 Å². The minimum Gasteiger partial charge on any atom is -0.365 e. The molecule has 0 bridgehead atoms. The van der Waals surface area contributed by atoms with E-state index < -0.39 is 0 Å². The highest BCUT2D eigenvalue weighted by molar-refractivity contribution is 5.79. The summed E-state index contributed by atoms with van der Waals surface area (Å²) in [5, 5.41) is 5.83. The second kappa shape index (κ2) is 5.19. The molecule has 1 unspecified atom stereocenters. The van der Waals surface area contributed by atoms with Crippen LogP contribution < -0.4 is 10.6 Å². The predicted octanol–water partition coefficient (Wildman–Crippen LogP) is -0.111. The molecule has 4 heteroatoms. The topological polar surface area (TPSA) is 50.4 Å². The maximum Gasteiger partial charge on any atom is 0.248 e. The number of likely N-dealkylation sites (N-methyl/N-ethyl adjacent to an activating group) is 1. The molecule has 13 heavy (non-hydrogen) atoms. The van der Waals surface area contributed by atoms with Gasteiger partial charge in [-0.15, -0.1) is 0 Å². The zero-order valence-corrected chi connectivity index (χ0v) is 8.30. The molecule has 0 aliphatic carbocycles. The van der Waals surface area contributed by atoms with Crippen LogP contribution in [0.5, 0.6) is 0 Å². The van der Waals surface area contributed by atoms with E-state index in [-0.39, 0.29) is 18.1 Å². The van der Waals surface area contributed by atoms with Crippen LogP contribution in [0.15, 0.2) is 0 Å². The first kappa shape index (κ1) is 10.5. The van der Waals surface area contributed by atoms with Crippen molar-refractivity contribution in [1.82, 2.24) is 10.6 Å². The molecule has 0 aromatic heterocycles. The van der Waals surface area contributed by atoms with Crippen molar-refractivity contribution in [2.75, 3.05) is 20.1 Å². The first-order valence-electron chi connectivity index (χ1n) is 4.82. The van der Waals surface area contributed by atoms with Gasteiger partial charge in [-0.2, -0.15) is 0 Å². The number of rotatable bonds is 3. The monoisotopic (exact) mass is 186 g/mol. The van der Waals surface area contributed by atoms with Crippen LogP contribution in [0.4, 0.5) is 0 Å². The minimum atomic E-state index is -0.326. The number of nitrogens with one attached hydrogen (secondary N) is 2. The molecule has 1 fully saturated rings. The fraction of sp³-hybridized carbons (Fsp3) is 0.889. The van der Waals surface area contributed by atoms with Gasteiger partial charge in [0.05, 0.1) is 6.10 Å². The standard InChI is InChI=1S/C9H18N2O2/c1-7(9(12)10-2)13-8-3-5-11-6-4-8/h7-8,11H,3-6H2,1-2H3,(H,10,12). The Kier molecular flexibility index (Phi) is 4.18. The highest BCUT2D eigenvalue weighted by Gasteiger charge is 2.19. The molecule has 0 radical (unpaired) electrons. The van der Waals surface area contributed by atoms with Crippen molar-refractivity contribution < 1.29 is 9.53 Å². The molecule has 1 atom stereocenters. The summed E-state index contributed by atoms with van der Waals surface area (Å²) in [5.74, 6) is -0.0430. The van der Waals surface area contributed by atoms with Crippen LogP contribution in [-0.2, 0) is 9.53 Å². The normalized spacial score (nSPS) is 21.1. The lowest BCUT2D eigenvalue weighted by atomic mass is 10.1. The Morgan fingerprint density at radius 3 is 2.69 bits per heavy atom. The molecule has 1 aliphatic rings. The molecule has 1 rings (SSSR count). The first-order chi connectivity index (χ1) is 6.24. The van der Waals surface area contributed by atoms with Crippen LogP contribution in [0.2, 0.25) is 0 Å². The molecule has 0 aromatic rings. The smallest absolute Gasteiger partial charge is 0.248 e. The molecule has 76 valence electrons. The lowest BCUT2D eigenvalue weighted by molar-refractivity contribution is -0.135. The van der Waals surface area contributed by atoms with Gasteiger partial charge in [-0.1, -0.05) is 0 Å². The summed E-state index contributed by atoms with van der Waals surface area (Å²) < 4.78 is 5.59. The number of hydrogen-bond acceptors (Lipinski definition) is 3. The van der Waals surface area contributed by atoms with E-state index in [2.05, 4.69) is 10.6 Å². The van der Waals surface area contributed by atoms with Crippen LogP contribution >= 0.6 is 0 Å². The quantitative estimate of drug-likeness (QED) is 0.646. The molecular weight excluding hydrogens is 168 g/mol. The Hall–Kier alpha value is -0.610. The van der Waals surface area contributed by atoms with Crippen molar-refractivity contribution in [3.63, 3.8) is 0 Å². The Balaban J connectivity index is 2.25. The highest BCUT2D eigenvalue weighted by atomic mass is 16.5. The van der Waals surface area contributed by atoms with Gasteiger partial charge in [-0.3, -0.25) is 4.79 Å². The molecule has 0 saturated carbocycles. The van der Waals surface area contributed by atoms with E-state index in [1.165, 1.54) is 0 Å². The van der Waals surface area contributed by atoms with Gasteiger partial charge in [0.25, 0.3) is 0 Å². The lowest BCUT2D eigenvalue weighted by Gasteiger charge is -2.25. The molecule has 1 saturated heterocycles. The van der Waals surface area contributed by atoms with Crippen molar-refractivity contribution in [2.45, 2.75) is 32.0 Å². The fourth-order valence-corrected chi connectivity index (χ4v) is 1.49. The summed E-state index contributed by atoms with van der Waals surface area (Å²) in [4.78, 5) is 11.1. The van der Waals surface area contributed by atoms with Crippen molar-refractivity contribution in [1.29, 1.82) is 0 Å². The molecule has 1 aliphatic heterocycles. The van der Waals surface area contributed by atoms with Crippen LogP contribution in [0, 0.1) is 0 Å². The van der Waals surface area contributed by atoms with Crippen LogP contribution in [0.25, 0.3) is 0 Å². The van der Waals surface area contributed by atoms with E-state index in [4.69, 9.17) is 4.74 Å². The summed E-state index contributed by atoms with van der Waals surface area (Å²) >= 11 is 0. The zero-order chi connectivity index (χ0) is 9.68. The minimum absolute atomic E-state index is 0.0430. The molecular formula is C9H18N2O2. The number of ether oxygens (including phenoxy) is 1.